The van der Waals surface area contributed by atoms with Crippen molar-refractivity contribution in [1.82, 2.24) is 63.1 Å². The van der Waals surface area contributed by atoms with E-state index in [2.05, 4.69) is 29.9 Å². The van der Waals surface area contributed by atoms with E-state index < -0.39 is 69.6 Å². The number of aromatic amines is 1. The molecule has 0 saturated carbocycles. The Kier molecular flexibility index (Phi) is 21.6. The number of ether oxygens (including phenoxy) is 1. The van der Waals surface area contributed by atoms with Gasteiger partial charge < -0.3 is 28.0 Å². The van der Waals surface area contributed by atoms with Gasteiger partial charge in [-0.15, -0.1) is 0 Å². The molecule has 8 heterocycles. The number of aromatic nitrogens is 13. The zero-order chi connectivity index (χ0) is 84.0. The Hall–Kier alpha value is -14.9. The second-order valence-corrected chi connectivity index (χ2v) is 29.5. The molecule has 0 fully saturated rings. The van der Waals surface area contributed by atoms with Gasteiger partial charge in [0.1, 0.15) is 98.4 Å². The number of pyridine rings is 3. The normalized spacial score (nSPS) is 13.2. The van der Waals surface area contributed by atoms with Gasteiger partial charge in [-0.3, -0.25) is 62.9 Å². The van der Waals surface area contributed by atoms with Crippen molar-refractivity contribution in [3.63, 3.8) is 0 Å². The first kappa shape index (κ1) is 79.3. The fraction of sp³-hybridized carbons (Fsp3) is 0.174. The van der Waals surface area contributed by atoms with Crippen LogP contribution in [0.5, 0.6) is 5.75 Å². The van der Waals surface area contributed by atoms with E-state index in [1.54, 1.807) is 121 Å². The SMILES string of the molecule is CC(C)c1nc2c(n1Cc1ccccn1)C(=O)C(=O)c1ccccc1-2.CC(C)c1nc2c(n1Cc1cccnc1)C(=O)C(=O)c1ccccc1-2.CC(C)c1nc2c(n1Cc1ccncc1)C(=O)C(=O)c1ccccc1-2.CC(F)(F)c1nc2c([nH]1)C(=O)C(=O)c1ccccc1-2.Cn1c(COc2ccc(F)cc2)nc2c1C(=O)C(=O)c1ccccc1-2. The number of ketones is 10. The highest BCUT2D eigenvalue weighted by Crippen LogP contribution is 2.41. The minimum absolute atomic E-state index is 0.0960. The standard InChI is InChI=1S/3C20H17N3O2.C19H13FN2O3.C13H8F2N2O2/c1-12(2)20-22-16-14-8-3-4-9-15(14)18(24)19(25)17(16)23(20)11-13-7-5-6-10-21-13;1-12(2)20-22-16-14-7-3-4-8-15(14)18(24)19(25)17(16)23(20)11-13-6-5-9-21-10-13;1-12(2)20-22-16-14-5-3-4-6-15(14)18(24)19(25)17(16)23(20)11-13-7-9-21-10-8-13;1-22-15(10-25-12-8-6-11(20)7-9-12)21-16-13-4-2-3-5-14(13)18(23)19(24)17(16)22;1-13(14,15)12-16-8-6-4-2-3-5-7(6)10(18)11(19)9(8)17-12/h3*3-10,12H,11H2,1-2H3;2-9H,10H2,1H3;2-5H,1H3,(H,16,17). The molecular formula is C92H72F3N13O11. The minimum atomic E-state index is -3.20. The van der Waals surface area contributed by atoms with Crippen LogP contribution in [-0.4, -0.2) is 121 Å². The number of Topliss-reactive ketones (excluding diaryl/α,β-unsaturated/α-hetero) is 10. The summed E-state index contributed by atoms with van der Waals surface area (Å²) < 4.78 is 52.2. The number of alkyl halides is 2. The highest BCUT2D eigenvalue weighted by Gasteiger charge is 2.42. The molecule has 0 aliphatic heterocycles. The molecule has 0 unspecified atom stereocenters. The summed E-state index contributed by atoms with van der Waals surface area (Å²) in [5, 5.41) is 0. The van der Waals surface area contributed by atoms with Crippen molar-refractivity contribution < 1.29 is 65.9 Å². The van der Waals surface area contributed by atoms with Crippen molar-refractivity contribution in [1.29, 1.82) is 0 Å². The summed E-state index contributed by atoms with van der Waals surface area (Å²) in [6, 6.07) is 53.7. The zero-order valence-electron chi connectivity index (χ0n) is 65.3. The number of benzene rings is 6. The average molecular weight is 1590 g/mol. The highest BCUT2D eigenvalue weighted by molar-refractivity contribution is 6.55. The van der Waals surface area contributed by atoms with E-state index >= 15 is 0 Å². The quantitative estimate of drug-likeness (QED) is 0.105. The maximum Gasteiger partial charge on any atom is 0.301 e. The summed E-state index contributed by atoms with van der Waals surface area (Å²) in [6.07, 6.45) is 8.63. The highest BCUT2D eigenvalue weighted by atomic mass is 19.3. The summed E-state index contributed by atoms with van der Waals surface area (Å²) in [6.45, 7) is 14.3. The van der Waals surface area contributed by atoms with Crippen LogP contribution in [0.4, 0.5) is 13.2 Å². The molecule has 24 nitrogen and oxygen atoms in total. The van der Waals surface area contributed by atoms with Crippen molar-refractivity contribution in [2.75, 3.05) is 0 Å². The van der Waals surface area contributed by atoms with E-state index in [1.165, 1.54) is 30.3 Å². The molecule has 14 aromatic rings. The number of carbonyl (C=O) groups excluding carboxylic acids is 10. The molecule has 0 radical (unpaired) electrons. The average Bonchev–Trinajstić information content (AvgIpc) is 1.61. The summed E-state index contributed by atoms with van der Waals surface area (Å²) in [5.41, 5.74) is 11.5. The molecule has 5 aliphatic carbocycles. The van der Waals surface area contributed by atoms with E-state index in [4.69, 9.17) is 19.7 Å². The third kappa shape index (κ3) is 15.0. The minimum Gasteiger partial charge on any atom is -0.486 e. The number of nitrogens with zero attached hydrogens (tertiary/aromatic N) is 12. The molecule has 5 aliphatic rings. The van der Waals surface area contributed by atoms with Crippen LogP contribution >= 0.6 is 0 Å². The molecule has 27 heteroatoms. The lowest BCUT2D eigenvalue weighted by atomic mass is 9.90. The molecule has 0 amide bonds. The Morgan fingerprint density at radius 2 is 0.765 bits per heavy atom. The number of hydrogen-bond acceptors (Lipinski definition) is 19. The van der Waals surface area contributed by atoms with E-state index in [0.29, 0.717) is 111 Å². The Balaban J connectivity index is 0.000000116. The molecule has 19 rings (SSSR count). The van der Waals surface area contributed by atoms with Crippen molar-refractivity contribution in [2.45, 2.75) is 98.4 Å². The van der Waals surface area contributed by atoms with Gasteiger partial charge in [-0.25, -0.2) is 29.3 Å². The van der Waals surface area contributed by atoms with Gasteiger partial charge in [0, 0.05) is 125 Å². The number of imidazole rings is 5. The Morgan fingerprint density at radius 3 is 1.17 bits per heavy atom. The predicted molar refractivity (Wildman–Crippen MR) is 432 cm³/mol. The van der Waals surface area contributed by atoms with E-state index in [1.807, 2.05) is 134 Å². The van der Waals surface area contributed by atoms with Crippen LogP contribution in [0.2, 0.25) is 0 Å². The first-order valence-electron chi connectivity index (χ1n) is 38.0. The predicted octanol–water partition coefficient (Wildman–Crippen LogP) is 16.2. The monoisotopic (exact) mass is 1590 g/mol. The Labute approximate surface area is 678 Å². The summed E-state index contributed by atoms with van der Waals surface area (Å²) in [5.74, 6) is -5.93. The first-order valence-corrected chi connectivity index (χ1v) is 38.0. The molecule has 0 atom stereocenters. The van der Waals surface area contributed by atoms with E-state index in [-0.39, 0.29) is 52.8 Å². The maximum absolute atomic E-state index is 13.3. The van der Waals surface area contributed by atoms with Gasteiger partial charge in [-0.1, -0.05) is 175 Å². The van der Waals surface area contributed by atoms with Crippen LogP contribution in [-0.2, 0) is 39.2 Å². The number of fused-ring (bicyclic) bond motifs is 15. The van der Waals surface area contributed by atoms with Crippen LogP contribution < -0.4 is 4.74 Å². The Bertz CT molecular complexity index is 6100. The number of halogens is 3. The van der Waals surface area contributed by atoms with Crippen LogP contribution in [0.15, 0.2) is 219 Å². The summed E-state index contributed by atoms with van der Waals surface area (Å²) in [4.78, 5) is 162. The maximum atomic E-state index is 13.3. The van der Waals surface area contributed by atoms with Gasteiger partial charge in [0.05, 0.1) is 18.8 Å². The van der Waals surface area contributed by atoms with E-state index in [9.17, 15) is 61.1 Å². The number of H-pyrrole nitrogens is 1. The molecule has 592 valence electrons. The lowest BCUT2D eigenvalue weighted by Crippen LogP contribution is -2.25. The second-order valence-electron chi connectivity index (χ2n) is 29.5. The number of rotatable bonds is 13. The van der Waals surface area contributed by atoms with Crippen molar-refractivity contribution in [2.24, 2.45) is 7.05 Å². The fourth-order valence-corrected chi connectivity index (χ4v) is 14.8. The van der Waals surface area contributed by atoms with Gasteiger partial charge in [0.15, 0.2) is 5.82 Å². The number of carbonyl (C=O) groups is 10. The molecule has 8 aromatic heterocycles. The van der Waals surface area contributed by atoms with Gasteiger partial charge in [0.25, 0.3) is 28.9 Å². The lowest BCUT2D eigenvalue weighted by molar-refractivity contribution is 0.00853. The molecule has 1 N–H and O–H groups in total. The molecule has 0 spiro atoms. The molecule has 0 saturated heterocycles. The largest absolute Gasteiger partial charge is 0.486 e. The Morgan fingerprint density at radius 1 is 0.378 bits per heavy atom. The lowest BCUT2D eigenvalue weighted by Gasteiger charge is -2.17. The topological polar surface area (TPSA) is 319 Å². The van der Waals surface area contributed by atoms with E-state index in [0.717, 1.165) is 51.0 Å². The van der Waals surface area contributed by atoms with Crippen LogP contribution in [0, 0.1) is 5.82 Å². The van der Waals surface area contributed by atoms with Gasteiger partial charge in [0.2, 0.25) is 28.9 Å². The third-order valence-corrected chi connectivity index (χ3v) is 20.5. The number of hydrogen-bond donors (Lipinski definition) is 1. The number of nitrogens with one attached hydrogen (secondary N) is 1. The van der Waals surface area contributed by atoms with Crippen LogP contribution in [0.3, 0.4) is 0 Å². The van der Waals surface area contributed by atoms with Crippen LogP contribution in [0.1, 0.15) is 216 Å². The third-order valence-electron chi connectivity index (χ3n) is 20.5. The first-order chi connectivity index (χ1) is 57.2. The molecule has 119 heavy (non-hydrogen) atoms. The van der Waals surface area contributed by atoms with Crippen molar-refractivity contribution in [3.05, 3.63) is 327 Å². The molecule has 0 bridgehead atoms. The van der Waals surface area contributed by atoms with Crippen molar-refractivity contribution in [3.8, 4) is 62.0 Å². The zero-order valence-corrected chi connectivity index (χ0v) is 65.3. The van der Waals surface area contributed by atoms with Gasteiger partial charge in [-0.05, 0) is 65.7 Å². The summed E-state index contributed by atoms with van der Waals surface area (Å²) >= 11 is 0. The van der Waals surface area contributed by atoms with Crippen molar-refractivity contribution >= 4 is 57.8 Å². The van der Waals surface area contributed by atoms with Gasteiger partial charge in [-0.2, -0.15) is 8.78 Å². The van der Waals surface area contributed by atoms with Crippen LogP contribution in [0.25, 0.3) is 56.3 Å². The molecular weight excluding hydrogens is 1520 g/mol. The summed E-state index contributed by atoms with van der Waals surface area (Å²) in [7, 11) is 1.67. The van der Waals surface area contributed by atoms with Gasteiger partial charge >= 0.3 is 5.92 Å². The second kappa shape index (κ2) is 32.4. The smallest absolute Gasteiger partial charge is 0.301 e. The fourth-order valence-electron chi connectivity index (χ4n) is 14.8. The molecule has 6 aromatic carbocycles.